The number of nitrogens with two attached hydrogens (primary N) is 1. The van der Waals surface area contributed by atoms with E-state index >= 15 is 0 Å². The molecule has 0 spiro atoms. The lowest BCUT2D eigenvalue weighted by atomic mass is 9.89. The van der Waals surface area contributed by atoms with E-state index in [0.717, 1.165) is 23.2 Å². The van der Waals surface area contributed by atoms with Crippen molar-refractivity contribution in [2.75, 3.05) is 5.73 Å². The molecule has 1 heterocycles. The summed E-state index contributed by atoms with van der Waals surface area (Å²) in [6.45, 7) is 0.901. The number of thiocyanates is 1. The molecule has 0 radical (unpaired) electrons. The highest BCUT2D eigenvalue weighted by Crippen LogP contribution is 2.28. The number of nitriles is 1. The first kappa shape index (κ1) is 11.3. The fraction of sp³-hybridized carbons (Fsp3) is 0.636. The first-order valence-corrected chi connectivity index (χ1v) is 6.50. The van der Waals surface area contributed by atoms with Crippen LogP contribution in [0.2, 0.25) is 0 Å². The second kappa shape index (κ2) is 5.26. The van der Waals surface area contributed by atoms with E-state index in [1.807, 2.05) is 10.1 Å². The average Bonchev–Trinajstić information content (AvgIpc) is 2.64. The molecule has 0 atom stereocenters. The Hall–Kier alpha value is -1.15. The van der Waals surface area contributed by atoms with Crippen LogP contribution in [-0.4, -0.2) is 9.78 Å². The van der Waals surface area contributed by atoms with Crippen molar-refractivity contribution in [3.63, 3.8) is 0 Å². The minimum Gasteiger partial charge on any atom is -0.383 e. The Morgan fingerprint density at radius 1 is 1.50 bits per heavy atom. The second-order valence-electron chi connectivity index (χ2n) is 4.27. The van der Waals surface area contributed by atoms with E-state index in [1.165, 1.54) is 32.1 Å². The van der Waals surface area contributed by atoms with Gasteiger partial charge in [-0.3, -0.25) is 0 Å². The van der Waals surface area contributed by atoms with Gasteiger partial charge in [0.2, 0.25) is 0 Å². The predicted molar refractivity (Wildman–Crippen MR) is 64.7 cm³/mol. The van der Waals surface area contributed by atoms with Gasteiger partial charge in [0.15, 0.2) is 0 Å². The Morgan fingerprint density at radius 2 is 2.25 bits per heavy atom. The van der Waals surface area contributed by atoms with Crippen LogP contribution in [0.15, 0.2) is 11.1 Å². The van der Waals surface area contributed by atoms with Crippen molar-refractivity contribution >= 4 is 17.6 Å². The topological polar surface area (TPSA) is 67.6 Å². The van der Waals surface area contributed by atoms with Crippen LogP contribution >= 0.6 is 11.8 Å². The van der Waals surface area contributed by atoms with Gasteiger partial charge in [0.05, 0.1) is 11.1 Å². The lowest BCUT2D eigenvalue weighted by Gasteiger charge is -2.21. The first-order chi connectivity index (χ1) is 7.81. The van der Waals surface area contributed by atoms with E-state index in [2.05, 4.69) is 5.10 Å². The number of aromatic nitrogens is 2. The SMILES string of the molecule is N#CSc1cnn(CC2CCCCC2)c1N. The first-order valence-electron chi connectivity index (χ1n) is 5.68. The largest absolute Gasteiger partial charge is 0.383 e. The molecule has 86 valence electrons. The Bertz CT molecular complexity index is 387. The summed E-state index contributed by atoms with van der Waals surface area (Å²) in [7, 11) is 0. The molecule has 1 aromatic rings. The van der Waals surface area contributed by atoms with E-state index in [-0.39, 0.29) is 0 Å². The molecule has 16 heavy (non-hydrogen) atoms. The summed E-state index contributed by atoms with van der Waals surface area (Å²) in [6, 6.07) is 0. The van der Waals surface area contributed by atoms with Gasteiger partial charge < -0.3 is 5.73 Å². The molecule has 0 aliphatic heterocycles. The van der Waals surface area contributed by atoms with Crippen LogP contribution in [0.4, 0.5) is 5.82 Å². The van der Waals surface area contributed by atoms with Crippen LogP contribution in [0, 0.1) is 16.6 Å². The lowest BCUT2D eigenvalue weighted by Crippen LogP contribution is -2.16. The van der Waals surface area contributed by atoms with Crippen LogP contribution in [0.3, 0.4) is 0 Å². The molecule has 0 saturated heterocycles. The van der Waals surface area contributed by atoms with Crippen molar-refractivity contribution < 1.29 is 0 Å². The number of rotatable bonds is 3. The van der Waals surface area contributed by atoms with E-state index < -0.39 is 0 Å². The van der Waals surface area contributed by atoms with Crippen LogP contribution in [0.1, 0.15) is 32.1 Å². The zero-order chi connectivity index (χ0) is 11.4. The number of thioether (sulfide) groups is 1. The molecule has 0 aromatic carbocycles. The van der Waals surface area contributed by atoms with Crippen LogP contribution in [0.5, 0.6) is 0 Å². The molecule has 0 bridgehead atoms. The molecule has 2 rings (SSSR count). The molecule has 1 fully saturated rings. The molecule has 0 unspecified atom stereocenters. The van der Waals surface area contributed by atoms with Crippen molar-refractivity contribution in [1.29, 1.82) is 5.26 Å². The normalized spacial score (nSPS) is 17.2. The monoisotopic (exact) mass is 236 g/mol. The maximum absolute atomic E-state index is 8.60. The van der Waals surface area contributed by atoms with E-state index in [4.69, 9.17) is 11.0 Å². The minimum atomic E-state index is 0.636. The summed E-state index contributed by atoms with van der Waals surface area (Å²) < 4.78 is 1.84. The number of nitrogen functional groups attached to an aromatic ring is 1. The third-order valence-electron chi connectivity index (χ3n) is 3.16. The van der Waals surface area contributed by atoms with Gasteiger partial charge in [0, 0.05) is 6.54 Å². The molecular weight excluding hydrogens is 220 g/mol. The second-order valence-corrected chi connectivity index (χ2v) is 5.10. The standard InChI is InChI=1S/C11H16N4S/c12-8-16-10-6-14-15(11(10)13)7-9-4-2-1-3-5-9/h6,9H,1-5,7,13H2. The van der Waals surface area contributed by atoms with E-state index in [0.29, 0.717) is 11.7 Å². The summed E-state index contributed by atoms with van der Waals surface area (Å²) in [5, 5.41) is 14.9. The number of nitrogens with zero attached hydrogens (tertiary/aromatic N) is 3. The average molecular weight is 236 g/mol. The van der Waals surface area contributed by atoms with E-state index in [9.17, 15) is 0 Å². The van der Waals surface area contributed by atoms with Gasteiger partial charge in [-0.1, -0.05) is 19.3 Å². The van der Waals surface area contributed by atoms with Gasteiger partial charge >= 0.3 is 0 Å². The van der Waals surface area contributed by atoms with Gasteiger partial charge in [-0.15, -0.1) is 0 Å². The third kappa shape index (κ3) is 2.50. The quantitative estimate of drug-likeness (QED) is 0.647. The molecule has 1 aromatic heterocycles. The van der Waals surface area contributed by atoms with Gasteiger partial charge in [-0.2, -0.15) is 10.4 Å². The van der Waals surface area contributed by atoms with Crippen molar-refractivity contribution in [3.05, 3.63) is 6.20 Å². The Labute approximate surface area is 99.8 Å². The Morgan fingerprint density at radius 3 is 2.94 bits per heavy atom. The zero-order valence-electron chi connectivity index (χ0n) is 9.22. The molecule has 2 N–H and O–H groups in total. The highest BCUT2D eigenvalue weighted by Gasteiger charge is 2.16. The van der Waals surface area contributed by atoms with E-state index in [1.54, 1.807) is 6.20 Å². The van der Waals surface area contributed by atoms with Gasteiger partial charge in [0.25, 0.3) is 0 Å². The molecule has 5 heteroatoms. The van der Waals surface area contributed by atoms with Gasteiger partial charge in [0.1, 0.15) is 11.2 Å². The van der Waals surface area contributed by atoms with Crippen molar-refractivity contribution in [1.82, 2.24) is 9.78 Å². The number of hydrogen-bond acceptors (Lipinski definition) is 4. The van der Waals surface area contributed by atoms with Gasteiger partial charge in [-0.25, -0.2) is 4.68 Å². The summed E-state index contributed by atoms with van der Waals surface area (Å²) in [5.41, 5.74) is 5.94. The summed E-state index contributed by atoms with van der Waals surface area (Å²) in [4.78, 5) is 0.776. The van der Waals surface area contributed by atoms with Crippen LogP contribution in [0.25, 0.3) is 0 Å². The zero-order valence-corrected chi connectivity index (χ0v) is 10.0. The Kier molecular flexibility index (Phi) is 3.73. The summed E-state index contributed by atoms with van der Waals surface area (Å²) in [6.07, 6.45) is 8.25. The number of hydrogen-bond donors (Lipinski definition) is 1. The van der Waals surface area contributed by atoms with Crippen LogP contribution < -0.4 is 5.73 Å². The fourth-order valence-electron chi connectivity index (χ4n) is 2.27. The lowest BCUT2D eigenvalue weighted by molar-refractivity contribution is 0.310. The predicted octanol–water partition coefficient (Wildman–Crippen LogP) is 2.62. The maximum Gasteiger partial charge on any atom is 0.138 e. The molecule has 4 nitrogen and oxygen atoms in total. The fourth-order valence-corrected chi connectivity index (χ4v) is 2.67. The maximum atomic E-state index is 8.60. The number of anilines is 1. The third-order valence-corrected chi connectivity index (χ3v) is 3.78. The molecular formula is C11H16N4S. The minimum absolute atomic E-state index is 0.636. The Balaban J connectivity index is 2.01. The van der Waals surface area contributed by atoms with Gasteiger partial charge in [-0.05, 0) is 30.5 Å². The van der Waals surface area contributed by atoms with Crippen molar-refractivity contribution in [2.24, 2.45) is 5.92 Å². The van der Waals surface area contributed by atoms with Crippen molar-refractivity contribution in [3.8, 4) is 5.40 Å². The molecule has 1 aliphatic rings. The smallest absolute Gasteiger partial charge is 0.138 e. The van der Waals surface area contributed by atoms with Crippen LogP contribution in [-0.2, 0) is 6.54 Å². The summed E-state index contributed by atoms with van der Waals surface area (Å²) in [5.74, 6) is 1.34. The highest BCUT2D eigenvalue weighted by atomic mass is 32.2. The highest BCUT2D eigenvalue weighted by molar-refractivity contribution is 8.03. The molecule has 0 amide bonds. The van der Waals surface area contributed by atoms with Crippen molar-refractivity contribution in [2.45, 2.75) is 43.5 Å². The summed E-state index contributed by atoms with van der Waals surface area (Å²) >= 11 is 1.08. The molecule has 1 aliphatic carbocycles. The molecule has 1 saturated carbocycles.